The Balaban J connectivity index is 2.59. The summed E-state index contributed by atoms with van der Waals surface area (Å²) in [5.41, 5.74) is 0.907. The molecule has 1 rings (SSSR count). The van der Waals surface area contributed by atoms with Gasteiger partial charge in [-0.25, -0.2) is 0 Å². The third kappa shape index (κ3) is 2.74. The minimum atomic E-state index is -0.785. The molecule has 2 nitrogen and oxygen atoms in total. The van der Waals surface area contributed by atoms with Crippen molar-refractivity contribution in [2.45, 2.75) is 24.9 Å². The van der Waals surface area contributed by atoms with Gasteiger partial charge in [-0.2, -0.15) is 0 Å². The second-order valence-electron chi connectivity index (χ2n) is 2.89. The summed E-state index contributed by atoms with van der Waals surface area (Å²) in [7, 11) is -0.785. The van der Waals surface area contributed by atoms with Gasteiger partial charge in [0.1, 0.15) is 0 Å². The molecular weight excluding hydrogens is 170 g/mol. The summed E-state index contributed by atoms with van der Waals surface area (Å²) in [5.74, 6) is 0.568. The number of nitrogens with zero attached hydrogens (tertiary/aromatic N) is 1. The van der Waals surface area contributed by atoms with Crippen LogP contribution < -0.4 is 0 Å². The molecule has 1 aromatic rings. The van der Waals surface area contributed by atoms with E-state index in [-0.39, 0.29) is 5.25 Å². The zero-order valence-corrected chi connectivity index (χ0v) is 8.17. The molecule has 66 valence electrons. The Kier molecular flexibility index (Phi) is 3.41. The van der Waals surface area contributed by atoms with Gasteiger partial charge in [0.25, 0.3) is 0 Å². The summed E-state index contributed by atoms with van der Waals surface area (Å²) < 4.78 is 11.4. The lowest BCUT2D eigenvalue weighted by Gasteiger charge is -2.03. The van der Waals surface area contributed by atoms with Crippen molar-refractivity contribution < 1.29 is 4.21 Å². The van der Waals surface area contributed by atoms with Crippen LogP contribution in [-0.2, 0) is 16.6 Å². The molecule has 0 saturated heterocycles. The van der Waals surface area contributed by atoms with Gasteiger partial charge in [0.15, 0.2) is 0 Å². The molecule has 0 amide bonds. The Morgan fingerprint density at radius 1 is 1.50 bits per heavy atom. The SMILES string of the molecule is CC(C)S(=O)Cc1ccccn1. The highest BCUT2D eigenvalue weighted by Crippen LogP contribution is 2.03. The van der Waals surface area contributed by atoms with Crippen molar-refractivity contribution in [2.24, 2.45) is 0 Å². The van der Waals surface area contributed by atoms with Crippen LogP contribution in [0, 0.1) is 0 Å². The Bertz CT molecular complexity index is 258. The van der Waals surface area contributed by atoms with Crippen LogP contribution in [0.15, 0.2) is 24.4 Å². The van der Waals surface area contributed by atoms with Crippen LogP contribution in [0.25, 0.3) is 0 Å². The first-order valence-corrected chi connectivity index (χ1v) is 5.35. The number of hydrogen-bond acceptors (Lipinski definition) is 2. The van der Waals surface area contributed by atoms with Crippen molar-refractivity contribution in [3.8, 4) is 0 Å². The van der Waals surface area contributed by atoms with E-state index in [0.29, 0.717) is 5.75 Å². The lowest BCUT2D eigenvalue weighted by Crippen LogP contribution is -2.08. The van der Waals surface area contributed by atoms with Gasteiger partial charge in [0.05, 0.1) is 11.4 Å². The van der Waals surface area contributed by atoms with Gasteiger partial charge >= 0.3 is 0 Å². The van der Waals surface area contributed by atoms with Crippen LogP contribution in [0.5, 0.6) is 0 Å². The first kappa shape index (κ1) is 9.39. The van der Waals surface area contributed by atoms with E-state index in [2.05, 4.69) is 4.98 Å². The predicted molar refractivity (Wildman–Crippen MR) is 51.2 cm³/mol. The van der Waals surface area contributed by atoms with Gasteiger partial charge in [0.2, 0.25) is 0 Å². The molecule has 0 aromatic carbocycles. The van der Waals surface area contributed by atoms with Gasteiger partial charge in [-0.3, -0.25) is 9.19 Å². The Morgan fingerprint density at radius 3 is 2.75 bits per heavy atom. The summed E-state index contributed by atoms with van der Waals surface area (Å²) in [4.78, 5) is 4.11. The number of rotatable bonds is 3. The van der Waals surface area contributed by atoms with E-state index < -0.39 is 10.8 Å². The Labute approximate surface area is 75.5 Å². The summed E-state index contributed by atoms with van der Waals surface area (Å²) in [6, 6.07) is 5.68. The smallest absolute Gasteiger partial charge is 0.0661 e. The molecule has 3 heteroatoms. The molecule has 1 atom stereocenters. The fourth-order valence-corrected chi connectivity index (χ4v) is 1.59. The maximum atomic E-state index is 11.4. The van der Waals surface area contributed by atoms with Crippen LogP contribution in [0.2, 0.25) is 0 Å². The molecule has 0 radical (unpaired) electrons. The monoisotopic (exact) mass is 183 g/mol. The van der Waals surface area contributed by atoms with Crippen molar-refractivity contribution in [1.82, 2.24) is 4.98 Å². The maximum Gasteiger partial charge on any atom is 0.0661 e. The van der Waals surface area contributed by atoms with Crippen LogP contribution in [0.3, 0.4) is 0 Å². The molecule has 0 bridgehead atoms. The van der Waals surface area contributed by atoms with Crippen molar-refractivity contribution in [2.75, 3.05) is 0 Å². The molecule has 1 aromatic heterocycles. The van der Waals surface area contributed by atoms with Gasteiger partial charge in [-0.05, 0) is 12.1 Å². The number of pyridine rings is 1. The molecule has 0 spiro atoms. The third-order valence-corrected chi connectivity index (χ3v) is 3.17. The first-order chi connectivity index (χ1) is 5.70. The van der Waals surface area contributed by atoms with Gasteiger partial charge in [-0.1, -0.05) is 19.9 Å². The topological polar surface area (TPSA) is 30.0 Å². The molecule has 1 heterocycles. The van der Waals surface area contributed by atoms with Crippen molar-refractivity contribution in [1.29, 1.82) is 0 Å². The lowest BCUT2D eigenvalue weighted by molar-refractivity contribution is 0.675. The molecule has 12 heavy (non-hydrogen) atoms. The maximum absolute atomic E-state index is 11.4. The zero-order valence-electron chi connectivity index (χ0n) is 7.36. The molecule has 0 aliphatic rings. The van der Waals surface area contributed by atoms with E-state index in [0.717, 1.165) is 5.69 Å². The molecule has 0 aliphatic carbocycles. The van der Waals surface area contributed by atoms with E-state index in [9.17, 15) is 4.21 Å². The standard InChI is InChI=1S/C9H13NOS/c1-8(2)12(11)7-9-5-3-4-6-10-9/h3-6,8H,7H2,1-2H3. The number of hydrogen-bond donors (Lipinski definition) is 0. The van der Waals surface area contributed by atoms with Crippen molar-refractivity contribution in [3.63, 3.8) is 0 Å². The van der Waals surface area contributed by atoms with Crippen molar-refractivity contribution >= 4 is 10.8 Å². The molecule has 0 saturated carbocycles. The minimum Gasteiger partial charge on any atom is -0.260 e. The highest BCUT2D eigenvalue weighted by atomic mass is 32.2. The molecule has 0 fully saturated rings. The van der Waals surface area contributed by atoms with Gasteiger partial charge < -0.3 is 0 Å². The van der Waals surface area contributed by atoms with E-state index in [4.69, 9.17) is 0 Å². The van der Waals surface area contributed by atoms with Crippen LogP contribution in [0.1, 0.15) is 19.5 Å². The summed E-state index contributed by atoms with van der Waals surface area (Å²) >= 11 is 0. The lowest BCUT2D eigenvalue weighted by atomic mass is 10.4. The normalized spacial score (nSPS) is 13.2. The van der Waals surface area contributed by atoms with Crippen LogP contribution in [0.4, 0.5) is 0 Å². The third-order valence-electron chi connectivity index (χ3n) is 1.54. The summed E-state index contributed by atoms with van der Waals surface area (Å²) in [6.07, 6.45) is 1.73. The largest absolute Gasteiger partial charge is 0.260 e. The zero-order chi connectivity index (χ0) is 8.97. The molecule has 1 unspecified atom stereocenters. The first-order valence-electron chi connectivity index (χ1n) is 3.97. The van der Waals surface area contributed by atoms with Crippen LogP contribution >= 0.6 is 0 Å². The number of aromatic nitrogens is 1. The average molecular weight is 183 g/mol. The van der Waals surface area contributed by atoms with E-state index in [1.165, 1.54) is 0 Å². The Hall–Kier alpha value is -0.700. The van der Waals surface area contributed by atoms with E-state index in [1.807, 2.05) is 32.0 Å². The Morgan fingerprint density at radius 2 is 2.25 bits per heavy atom. The van der Waals surface area contributed by atoms with Crippen molar-refractivity contribution in [3.05, 3.63) is 30.1 Å². The molecule has 0 aliphatic heterocycles. The molecule has 0 N–H and O–H groups in total. The average Bonchev–Trinajstić information content (AvgIpc) is 2.06. The highest BCUT2D eigenvalue weighted by Gasteiger charge is 2.05. The van der Waals surface area contributed by atoms with Gasteiger partial charge in [0, 0.05) is 22.2 Å². The molecular formula is C9H13NOS. The second-order valence-corrected chi connectivity index (χ2v) is 4.89. The fraction of sp³-hybridized carbons (Fsp3) is 0.444. The summed E-state index contributed by atoms with van der Waals surface area (Å²) in [6.45, 7) is 3.91. The van der Waals surface area contributed by atoms with Gasteiger partial charge in [-0.15, -0.1) is 0 Å². The van der Waals surface area contributed by atoms with E-state index in [1.54, 1.807) is 6.20 Å². The predicted octanol–water partition coefficient (Wildman–Crippen LogP) is 1.74. The highest BCUT2D eigenvalue weighted by molar-refractivity contribution is 7.84. The summed E-state index contributed by atoms with van der Waals surface area (Å²) in [5, 5.41) is 0.215. The second kappa shape index (κ2) is 4.36. The van der Waals surface area contributed by atoms with Crippen LogP contribution in [-0.4, -0.2) is 14.4 Å². The minimum absolute atomic E-state index is 0.215. The van der Waals surface area contributed by atoms with E-state index >= 15 is 0 Å². The fourth-order valence-electron chi connectivity index (χ4n) is 0.796. The quantitative estimate of drug-likeness (QED) is 0.714.